The second-order valence-electron chi connectivity index (χ2n) is 6.32. The van der Waals surface area contributed by atoms with Crippen LogP contribution >= 0.6 is 0 Å². The lowest BCUT2D eigenvalue weighted by molar-refractivity contribution is 0.340. The minimum atomic E-state index is 0.594. The van der Waals surface area contributed by atoms with Gasteiger partial charge >= 0.3 is 0 Å². The molecule has 1 fully saturated rings. The van der Waals surface area contributed by atoms with Crippen molar-refractivity contribution in [3.8, 4) is 5.75 Å². The van der Waals surface area contributed by atoms with E-state index in [1.54, 1.807) is 0 Å². The summed E-state index contributed by atoms with van der Waals surface area (Å²) in [5.74, 6) is 0.957. The van der Waals surface area contributed by atoms with Crippen LogP contribution in [-0.4, -0.2) is 19.2 Å². The number of nitrogens with zero attached hydrogens (tertiary/aromatic N) is 1. The molecule has 2 nitrogen and oxygen atoms in total. The van der Waals surface area contributed by atoms with Crippen molar-refractivity contribution >= 4 is 11.8 Å². The summed E-state index contributed by atoms with van der Waals surface area (Å²) >= 11 is 0. The van der Waals surface area contributed by atoms with Crippen LogP contribution < -0.4 is 9.64 Å². The Kier molecular flexibility index (Phi) is 5.95. The number of benzene rings is 2. The average Bonchev–Trinajstić information content (AvgIpc) is 2.64. The first-order valence-electron chi connectivity index (χ1n) is 9.08. The number of ether oxygens (including phenoxy) is 1. The van der Waals surface area contributed by atoms with Gasteiger partial charge in [-0.05, 0) is 62.4 Å². The third-order valence-corrected chi connectivity index (χ3v) is 4.62. The number of hydrogen-bond acceptors (Lipinski definition) is 2. The molecule has 0 bridgehead atoms. The van der Waals surface area contributed by atoms with Crippen LogP contribution in [-0.2, 0) is 0 Å². The lowest BCUT2D eigenvalue weighted by atomic mass is 9.98. The number of hydrogen-bond donors (Lipinski definition) is 0. The van der Waals surface area contributed by atoms with Crippen LogP contribution in [0.5, 0.6) is 5.75 Å². The Labute approximate surface area is 145 Å². The molecule has 2 aromatic rings. The predicted octanol–water partition coefficient (Wildman–Crippen LogP) is 5.55. The van der Waals surface area contributed by atoms with Gasteiger partial charge in [0.15, 0.2) is 0 Å². The molecule has 2 heteroatoms. The van der Waals surface area contributed by atoms with Crippen LogP contribution in [0.15, 0.2) is 60.7 Å². The molecule has 1 aliphatic heterocycles. The third kappa shape index (κ3) is 4.41. The van der Waals surface area contributed by atoms with E-state index < -0.39 is 0 Å². The molecule has 0 saturated carbocycles. The largest absolute Gasteiger partial charge is 0.494 e. The van der Waals surface area contributed by atoms with Crippen molar-refractivity contribution in [2.24, 2.45) is 0 Å². The van der Waals surface area contributed by atoms with E-state index in [0.717, 1.165) is 25.3 Å². The van der Waals surface area contributed by atoms with Crippen LogP contribution in [0.2, 0.25) is 0 Å². The summed E-state index contributed by atoms with van der Waals surface area (Å²) in [5, 5.41) is 0. The van der Waals surface area contributed by atoms with Gasteiger partial charge in [-0.2, -0.15) is 0 Å². The molecule has 126 valence electrons. The predicted molar refractivity (Wildman–Crippen MR) is 103 cm³/mol. The van der Waals surface area contributed by atoms with Gasteiger partial charge in [0.1, 0.15) is 5.75 Å². The highest BCUT2D eigenvalue weighted by atomic mass is 16.5. The molecule has 3 rings (SSSR count). The Balaban J connectivity index is 1.65. The zero-order valence-corrected chi connectivity index (χ0v) is 14.5. The van der Waals surface area contributed by atoms with Gasteiger partial charge in [-0.3, -0.25) is 0 Å². The van der Waals surface area contributed by atoms with Gasteiger partial charge in [-0.25, -0.2) is 0 Å². The Morgan fingerprint density at radius 2 is 1.83 bits per heavy atom. The molecule has 2 aromatic carbocycles. The van der Waals surface area contributed by atoms with Crippen LogP contribution in [0.1, 0.15) is 38.2 Å². The van der Waals surface area contributed by atoms with Crippen molar-refractivity contribution in [3.63, 3.8) is 0 Å². The second kappa shape index (κ2) is 8.58. The monoisotopic (exact) mass is 321 g/mol. The summed E-state index contributed by atoms with van der Waals surface area (Å²) in [7, 11) is 0. The molecule has 0 radical (unpaired) electrons. The van der Waals surface area contributed by atoms with E-state index in [4.69, 9.17) is 4.74 Å². The molecule has 0 aromatic heterocycles. The Morgan fingerprint density at radius 3 is 2.58 bits per heavy atom. The first-order valence-corrected chi connectivity index (χ1v) is 9.08. The quantitative estimate of drug-likeness (QED) is 0.692. The fraction of sp³-hybridized carbons (Fsp3) is 0.364. The first-order chi connectivity index (χ1) is 11.9. The lowest BCUT2D eigenvalue weighted by Crippen LogP contribution is -2.39. The van der Waals surface area contributed by atoms with E-state index >= 15 is 0 Å². The summed E-state index contributed by atoms with van der Waals surface area (Å²) < 4.78 is 5.56. The molecule has 1 heterocycles. The van der Waals surface area contributed by atoms with Crippen molar-refractivity contribution in [2.75, 3.05) is 18.1 Å². The van der Waals surface area contributed by atoms with Gasteiger partial charge in [0.05, 0.1) is 6.61 Å². The van der Waals surface area contributed by atoms with Crippen LogP contribution in [0, 0.1) is 0 Å². The number of rotatable bonds is 6. The Bertz CT molecular complexity index is 633. The highest BCUT2D eigenvalue weighted by Gasteiger charge is 2.21. The highest BCUT2D eigenvalue weighted by Crippen LogP contribution is 2.28. The molecular weight excluding hydrogens is 294 g/mol. The smallest absolute Gasteiger partial charge is 0.119 e. The van der Waals surface area contributed by atoms with E-state index in [1.807, 2.05) is 6.92 Å². The van der Waals surface area contributed by atoms with Crippen LogP contribution in [0.3, 0.4) is 0 Å². The topological polar surface area (TPSA) is 12.5 Å². The SMILES string of the molecule is CCOc1ccc(N2CCCCC2CC=Cc2ccccc2)cc1. The maximum Gasteiger partial charge on any atom is 0.119 e. The van der Waals surface area contributed by atoms with E-state index in [1.165, 1.54) is 30.5 Å². The fourth-order valence-electron chi connectivity index (χ4n) is 3.41. The van der Waals surface area contributed by atoms with Crippen LogP contribution in [0.4, 0.5) is 5.69 Å². The fourth-order valence-corrected chi connectivity index (χ4v) is 3.41. The molecule has 1 aliphatic rings. The third-order valence-electron chi connectivity index (χ3n) is 4.62. The van der Waals surface area contributed by atoms with Gasteiger partial charge in [-0.1, -0.05) is 42.5 Å². The van der Waals surface area contributed by atoms with Gasteiger partial charge in [0.25, 0.3) is 0 Å². The Morgan fingerprint density at radius 1 is 1.04 bits per heavy atom. The second-order valence-corrected chi connectivity index (χ2v) is 6.32. The van der Waals surface area contributed by atoms with E-state index in [-0.39, 0.29) is 0 Å². The lowest BCUT2D eigenvalue weighted by Gasteiger charge is -2.37. The maximum absolute atomic E-state index is 5.56. The van der Waals surface area contributed by atoms with Gasteiger partial charge in [-0.15, -0.1) is 0 Å². The number of piperidine rings is 1. The van der Waals surface area contributed by atoms with Crippen molar-refractivity contribution in [2.45, 2.75) is 38.6 Å². The van der Waals surface area contributed by atoms with Crippen molar-refractivity contribution in [1.29, 1.82) is 0 Å². The molecule has 0 amide bonds. The van der Waals surface area contributed by atoms with Gasteiger partial charge < -0.3 is 9.64 Å². The zero-order chi connectivity index (χ0) is 16.6. The van der Waals surface area contributed by atoms with Crippen LogP contribution in [0.25, 0.3) is 6.08 Å². The van der Waals surface area contributed by atoms with Gasteiger partial charge in [0, 0.05) is 18.3 Å². The van der Waals surface area contributed by atoms with E-state index in [0.29, 0.717) is 6.04 Å². The highest BCUT2D eigenvalue weighted by molar-refractivity contribution is 5.52. The standard InChI is InChI=1S/C22H27NO/c1-2-24-22-16-14-21(15-17-22)23-18-7-6-12-20(23)13-8-11-19-9-4-3-5-10-19/h3-5,8-11,14-17,20H,2,6-7,12-13,18H2,1H3. The zero-order valence-electron chi connectivity index (χ0n) is 14.5. The molecule has 1 unspecified atom stereocenters. The minimum absolute atomic E-state index is 0.594. The molecular formula is C22H27NO. The summed E-state index contributed by atoms with van der Waals surface area (Å²) in [6.45, 7) is 3.89. The van der Waals surface area contributed by atoms with Crippen molar-refractivity contribution < 1.29 is 4.74 Å². The molecule has 24 heavy (non-hydrogen) atoms. The molecule has 0 spiro atoms. The van der Waals surface area contributed by atoms with E-state index in [2.05, 4.69) is 71.6 Å². The van der Waals surface area contributed by atoms with E-state index in [9.17, 15) is 0 Å². The molecule has 1 atom stereocenters. The number of anilines is 1. The Hall–Kier alpha value is -2.22. The summed E-state index contributed by atoms with van der Waals surface area (Å²) in [6, 6.07) is 19.7. The summed E-state index contributed by atoms with van der Waals surface area (Å²) in [4.78, 5) is 2.56. The molecule has 0 N–H and O–H groups in total. The average molecular weight is 321 g/mol. The normalized spacial score (nSPS) is 18.0. The summed E-state index contributed by atoms with van der Waals surface area (Å²) in [6.07, 6.45) is 9.55. The summed E-state index contributed by atoms with van der Waals surface area (Å²) in [5.41, 5.74) is 2.59. The molecule has 0 aliphatic carbocycles. The van der Waals surface area contributed by atoms with Gasteiger partial charge in [0.2, 0.25) is 0 Å². The van der Waals surface area contributed by atoms with Crippen molar-refractivity contribution in [1.82, 2.24) is 0 Å². The van der Waals surface area contributed by atoms with Crippen molar-refractivity contribution in [3.05, 3.63) is 66.2 Å². The molecule has 1 saturated heterocycles. The maximum atomic E-state index is 5.56. The minimum Gasteiger partial charge on any atom is -0.494 e. The first kappa shape index (κ1) is 16.6.